The Morgan fingerprint density at radius 1 is 0.906 bits per heavy atom. The van der Waals surface area contributed by atoms with Crippen molar-refractivity contribution < 1.29 is 14.3 Å². The normalized spacial score (nSPS) is 10.4. The minimum absolute atomic E-state index is 0.132. The predicted octanol–water partition coefficient (Wildman–Crippen LogP) is 5.73. The van der Waals surface area contributed by atoms with Gasteiger partial charge < -0.3 is 10.1 Å². The van der Waals surface area contributed by atoms with E-state index >= 15 is 0 Å². The lowest BCUT2D eigenvalue weighted by Gasteiger charge is -2.11. The number of carbonyl (C=O) groups is 2. The monoisotopic (exact) mass is 446 g/mol. The first-order valence-corrected chi connectivity index (χ1v) is 10.1. The summed E-state index contributed by atoms with van der Waals surface area (Å²) in [5.74, 6) is -0.366. The summed E-state index contributed by atoms with van der Waals surface area (Å²) in [4.78, 5) is 24.9. The van der Waals surface area contributed by atoms with E-state index in [0.717, 1.165) is 16.8 Å². The SMILES string of the molecule is O=C(Nc1cc(Cl)cc(C(=O)Nc2cccc(-c3ccn[nH]3)c2)c1)OCc1ccccc1. The molecule has 1 aromatic heterocycles. The van der Waals surface area contributed by atoms with Crippen LogP contribution in [0.2, 0.25) is 5.02 Å². The van der Waals surface area contributed by atoms with Crippen LogP contribution in [0.15, 0.2) is 85.1 Å². The molecule has 0 radical (unpaired) electrons. The summed E-state index contributed by atoms with van der Waals surface area (Å²) in [6, 6.07) is 23.1. The Labute approximate surface area is 189 Å². The number of nitrogens with one attached hydrogen (secondary N) is 3. The van der Waals surface area contributed by atoms with Gasteiger partial charge in [-0.15, -0.1) is 0 Å². The Bertz CT molecular complexity index is 1230. The fourth-order valence-corrected chi connectivity index (χ4v) is 3.29. The molecule has 4 rings (SSSR count). The summed E-state index contributed by atoms with van der Waals surface area (Å²) in [6.45, 7) is 0.132. The van der Waals surface area contributed by atoms with Crippen LogP contribution in [0.5, 0.6) is 0 Å². The number of rotatable bonds is 6. The van der Waals surface area contributed by atoms with Crippen molar-refractivity contribution in [2.45, 2.75) is 6.61 Å². The molecule has 1 heterocycles. The molecule has 160 valence electrons. The summed E-state index contributed by atoms with van der Waals surface area (Å²) in [6.07, 6.45) is 1.01. The number of aromatic nitrogens is 2. The first kappa shape index (κ1) is 21.1. The molecule has 3 N–H and O–H groups in total. The molecule has 2 amide bonds. The van der Waals surface area contributed by atoms with Crippen LogP contribution in [0.1, 0.15) is 15.9 Å². The van der Waals surface area contributed by atoms with Crippen LogP contribution in [0.3, 0.4) is 0 Å². The molecule has 0 atom stereocenters. The van der Waals surface area contributed by atoms with E-state index < -0.39 is 6.09 Å². The van der Waals surface area contributed by atoms with Crippen molar-refractivity contribution in [2.75, 3.05) is 10.6 Å². The fraction of sp³-hybridized carbons (Fsp3) is 0.0417. The Morgan fingerprint density at radius 2 is 1.75 bits per heavy atom. The Hall–Kier alpha value is -4.10. The lowest BCUT2D eigenvalue weighted by Crippen LogP contribution is -2.15. The van der Waals surface area contributed by atoms with Gasteiger partial charge in [-0.05, 0) is 42.0 Å². The van der Waals surface area contributed by atoms with Gasteiger partial charge in [0.25, 0.3) is 5.91 Å². The van der Waals surface area contributed by atoms with E-state index in [2.05, 4.69) is 20.8 Å². The lowest BCUT2D eigenvalue weighted by molar-refractivity contribution is 0.102. The van der Waals surface area contributed by atoms with Crippen LogP contribution in [-0.4, -0.2) is 22.2 Å². The zero-order valence-electron chi connectivity index (χ0n) is 16.8. The Balaban J connectivity index is 1.42. The Morgan fingerprint density at radius 3 is 2.53 bits per heavy atom. The highest BCUT2D eigenvalue weighted by Crippen LogP contribution is 2.23. The number of anilines is 2. The molecule has 0 fully saturated rings. The van der Waals surface area contributed by atoms with E-state index in [9.17, 15) is 9.59 Å². The summed E-state index contributed by atoms with van der Waals surface area (Å²) in [5.41, 5.74) is 3.85. The van der Waals surface area contributed by atoms with E-state index in [0.29, 0.717) is 22.0 Å². The molecule has 7 nitrogen and oxygen atoms in total. The second-order valence-corrected chi connectivity index (χ2v) is 7.36. The fourth-order valence-electron chi connectivity index (χ4n) is 3.05. The molecule has 4 aromatic rings. The third kappa shape index (κ3) is 5.53. The van der Waals surface area contributed by atoms with Crippen LogP contribution in [0, 0.1) is 0 Å². The van der Waals surface area contributed by atoms with E-state index in [1.807, 2.05) is 54.6 Å². The molecule has 3 aromatic carbocycles. The summed E-state index contributed by atoms with van der Waals surface area (Å²) >= 11 is 6.16. The lowest BCUT2D eigenvalue weighted by atomic mass is 10.1. The number of aromatic amines is 1. The van der Waals surface area contributed by atoms with Crippen molar-refractivity contribution >= 4 is 35.0 Å². The van der Waals surface area contributed by atoms with Crippen LogP contribution in [0.25, 0.3) is 11.3 Å². The van der Waals surface area contributed by atoms with Crippen molar-refractivity contribution in [3.63, 3.8) is 0 Å². The first-order chi connectivity index (χ1) is 15.6. The zero-order valence-corrected chi connectivity index (χ0v) is 17.6. The maximum absolute atomic E-state index is 12.8. The van der Waals surface area contributed by atoms with Crippen LogP contribution in [-0.2, 0) is 11.3 Å². The van der Waals surface area contributed by atoms with Gasteiger partial charge in [0.2, 0.25) is 0 Å². The molecule has 8 heteroatoms. The number of ether oxygens (including phenoxy) is 1. The minimum atomic E-state index is -0.644. The van der Waals surface area contributed by atoms with Crippen LogP contribution in [0.4, 0.5) is 16.2 Å². The zero-order chi connectivity index (χ0) is 22.3. The van der Waals surface area contributed by atoms with E-state index in [1.165, 1.54) is 12.1 Å². The average Bonchev–Trinajstić information content (AvgIpc) is 3.33. The molecule has 0 saturated carbocycles. The summed E-state index contributed by atoms with van der Waals surface area (Å²) in [7, 11) is 0. The number of amides is 2. The van der Waals surface area contributed by atoms with Crippen molar-refractivity contribution in [2.24, 2.45) is 0 Å². The third-order valence-corrected chi connectivity index (χ3v) is 4.77. The molecular formula is C24H19ClN4O3. The smallest absolute Gasteiger partial charge is 0.411 e. The van der Waals surface area contributed by atoms with Crippen molar-refractivity contribution in [3.8, 4) is 11.3 Å². The number of carbonyl (C=O) groups excluding carboxylic acids is 2. The summed E-state index contributed by atoms with van der Waals surface area (Å²) < 4.78 is 5.21. The van der Waals surface area contributed by atoms with Crippen molar-refractivity contribution in [1.29, 1.82) is 0 Å². The molecule has 0 spiro atoms. The maximum atomic E-state index is 12.8. The Kier molecular flexibility index (Phi) is 6.48. The van der Waals surface area contributed by atoms with Gasteiger partial charge in [-0.2, -0.15) is 5.10 Å². The number of hydrogen-bond donors (Lipinski definition) is 3. The van der Waals surface area contributed by atoms with Gasteiger partial charge >= 0.3 is 6.09 Å². The maximum Gasteiger partial charge on any atom is 0.411 e. The second-order valence-electron chi connectivity index (χ2n) is 6.92. The first-order valence-electron chi connectivity index (χ1n) is 9.76. The van der Waals surface area contributed by atoms with E-state index in [-0.39, 0.29) is 12.5 Å². The van der Waals surface area contributed by atoms with Crippen LogP contribution < -0.4 is 10.6 Å². The van der Waals surface area contributed by atoms with Gasteiger partial charge in [0.1, 0.15) is 6.61 Å². The molecule has 0 aliphatic carbocycles. The number of hydrogen-bond acceptors (Lipinski definition) is 4. The van der Waals surface area contributed by atoms with Crippen molar-refractivity contribution in [1.82, 2.24) is 10.2 Å². The molecule has 0 bridgehead atoms. The van der Waals surface area contributed by atoms with Crippen molar-refractivity contribution in [3.05, 3.63) is 101 Å². The number of H-pyrrole nitrogens is 1. The average molecular weight is 447 g/mol. The van der Waals surface area contributed by atoms with Gasteiger partial charge in [-0.3, -0.25) is 15.2 Å². The topological polar surface area (TPSA) is 96.1 Å². The third-order valence-electron chi connectivity index (χ3n) is 4.55. The van der Waals surface area contributed by atoms with Gasteiger partial charge in [0, 0.05) is 33.7 Å². The second kappa shape index (κ2) is 9.80. The van der Waals surface area contributed by atoms with Gasteiger partial charge in [0.05, 0.1) is 5.69 Å². The molecule has 32 heavy (non-hydrogen) atoms. The number of benzene rings is 3. The van der Waals surface area contributed by atoms with Gasteiger partial charge in [-0.25, -0.2) is 4.79 Å². The standard InChI is InChI=1S/C24H19ClN4O3/c25-19-11-18(13-21(14-19)28-24(31)32-15-16-5-2-1-3-6-16)23(30)27-20-8-4-7-17(12-20)22-9-10-26-29-22/h1-14H,15H2,(H,26,29)(H,27,30)(H,28,31). The minimum Gasteiger partial charge on any atom is -0.444 e. The molecular weight excluding hydrogens is 428 g/mol. The molecule has 0 saturated heterocycles. The highest BCUT2D eigenvalue weighted by Gasteiger charge is 2.12. The number of nitrogens with zero attached hydrogens (tertiary/aromatic N) is 1. The number of halogens is 1. The van der Waals surface area contributed by atoms with E-state index in [4.69, 9.17) is 16.3 Å². The molecule has 0 unspecified atom stereocenters. The molecule has 0 aliphatic heterocycles. The molecule has 0 aliphatic rings. The predicted molar refractivity (Wildman–Crippen MR) is 124 cm³/mol. The largest absolute Gasteiger partial charge is 0.444 e. The van der Waals surface area contributed by atoms with Crippen LogP contribution >= 0.6 is 11.6 Å². The highest BCUT2D eigenvalue weighted by molar-refractivity contribution is 6.31. The quantitative estimate of drug-likeness (QED) is 0.352. The van der Waals surface area contributed by atoms with E-state index in [1.54, 1.807) is 18.3 Å². The van der Waals surface area contributed by atoms with Gasteiger partial charge in [-0.1, -0.05) is 54.1 Å². The van der Waals surface area contributed by atoms with Gasteiger partial charge in [0.15, 0.2) is 0 Å². The summed E-state index contributed by atoms with van der Waals surface area (Å²) in [5, 5.41) is 12.6. The highest BCUT2D eigenvalue weighted by atomic mass is 35.5.